The molecule has 5 heterocycles. The molecule has 0 saturated carbocycles. The highest BCUT2D eigenvalue weighted by Crippen LogP contribution is 2.40. The number of ether oxygens (including phenoxy) is 1. The van der Waals surface area contributed by atoms with Crippen molar-refractivity contribution >= 4 is 29.5 Å². The lowest BCUT2D eigenvalue weighted by molar-refractivity contribution is -0.140. The first kappa shape index (κ1) is 36.6. The molecule has 0 spiro atoms. The summed E-state index contributed by atoms with van der Waals surface area (Å²) >= 11 is 0.823. The van der Waals surface area contributed by atoms with Crippen molar-refractivity contribution in [3.63, 3.8) is 0 Å². The molecule has 0 bridgehead atoms. The van der Waals surface area contributed by atoms with Gasteiger partial charge in [-0.05, 0) is 50.9 Å². The molecule has 4 aliphatic rings. The van der Waals surface area contributed by atoms with Gasteiger partial charge in [0.2, 0.25) is 17.7 Å². The number of nitrogens with zero attached hydrogens (tertiary/aromatic N) is 6. The van der Waals surface area contributed by atoms with Crippen LogP contribution in [0.5, 0.6) is 0 Å². The number of piperidine rings is 1. The van der Waals surface area contributed by atoms with Crippen LogP contribution in [0.15, 0.2) is 23.1 Å². The number of rotatable bonds is 10. The van der Waals surface area contributed by atoms with Crippen molar-refractivity contribution < 1.29 is 42.5 Å². The van der Waals surface area contributed by atoms with Gasteiger partial charge < -0.3 is 34.5 Å². The number of fused-ring (bicyclic) bond motifs is 1. The van der Waals surface area contributed by atoms with Crippen LogP contribution in [0.4, 0.5) is 13.2 Å². The van der Waals surface area contributed by atoms with Crippen molar-refractivity contribution in [2.24, 2.45) is 5.92 Å². The molecule has 50 heavy (non-hydrogen) atoms. The van der Waals surface area contributed by atoms with Crippen LogP contribution in [-0.2, 0) is 44.8 Å². The molecule has 1 unspecified atom stereocenters. The lowest BCUT2D eigenvalue weighted by atomic mass is 9.95. The van der Waals surface area contributed by atoms with Crippen molar-refractivity contribution in [2.75, 3.05) is 77.9 Å². The van der Waals surface area contributed by atoms with Gasteiger partial charge in [0.25, 0.3) is 0 Å². The average molecular weight is 723 g/mol. The zero-order valence-electron chi connectivity index (χ0n) is 28.1. The van der Waals surface area contributed by atoms with E-state index in [4.69, 9.17) is 9.84 Å². The summed E-state index contributed by atoms with van der Waals surface area (Å²) in [4.78, 5) is 45.2. The Hall–Kier alpha value is -3.18. The fraction of sp³-hybridized carbons (Fsp3) is 0.647. The summed E-state index contributed by atoms with van der Waals surface area (Å²) in [5, 5.41) is 25.5. The Morgan fingerprint density at radius 2 is 1.66 bits per heavy atom. The molecule has 0 radical (unpaired) electrons. The van der Waals surface area contributed by atoms with Gasteiger partial charge in [-0.1, -0.05) is 6.07 Å². The van der Waals surface area contributed by atoms with E-state index in [1.807, 2.05) is 4.90 Å². The van der Waals surface area contributed by atoms with Crippen LogP contribution < -0.4 is 0 Å². The number of thioether (sulfide) groups is 1. The Morgan fingerprint density at radius 3 is 2.34 bits per heavy atom. The largest absolute Gasteiger partial charge is 0.417 e. The number of carbonyl (C=O) groups excluding carboxylic acids is 3. The summed E-state index contributed by atoms with van der Waals surface area (Å²) < 4.78 is 49.3. The molecular formula is C34H45F3N6O6S. The number of alkyl halides is 3. The maximum Gasteiger partial charge on any atom is 0.417 e. The fourth-order valence-electron chi connectivity index (χ4n) is 7.37. The quantitative estimate of drug-likeness (QED) is 0.354. The number of hydrogen-bond acceptors (Lipinski definition) is 9. The van der Waals surface area contributed by atoms with E-state index < -0.39 is 30.4 Å². The number of likely N-dealkylation sites (tertiary alicyclic amines) is 2. The molecule has 1 aromatic carbocycles. The zero-order valence-corrected chi connectivity index (χ0v) is 28.9. The molecule has 2 N–H and O–H groups in total. The van der Waals surface area contributed by atoms with Gasteiger partial charge in [-0.25, -0.2) is 0 Å². The van der Waals surface area contributed by atoms with Crippen LogP contribution in [0.3, 0.4) is 0 Å². The van der Waals surface area contributed by atoms with E-state index in [1.165, 1.54) is 17.0 Å². The van der Waals surface area contributed by atoms with Crippen molar-refractivity contribution in [1.29, 1.82) is 0 Å². The molecule has 6 rings (SSSR count). The van der Waals surface area contributed by atoms with Gasteiger partial charge in [0.1, 0.15) is 6.61 Å². The first-order chi connectivity index (χ1) is 24.0. The number of aromatic nitrogens is 2. The Labute approximate surface area is 293 Å². The van der Waals surface area contributed by atoms with Gasteiger partial charge in [0, 0.05) is 79.9 Å². The second-order valence-electron chi connectivity index (χ2n) is 13.4. The summed E-state index contributed by atoms with van der Waals surface area (Å²) in [5.74, 6) is -0.663. The predicted molar refractivity (Wildman–Crippen MR) is 178 cm³/mol. The van der Waals surface area contributed by atoms with E-state index in [1.54, 1.807) is 9.58 Å². The highest BCUT2D eigenvalue weighted by atomic mass is 32.2. The molecule has 1 atom stereocenters. The highest BCUT2D eigenvalue weighted by Gasteiger charge is 2.36. The minimum atomic E-state index is -4.65. The van der Waals surface area contributed by atoms with E-state index in [0.29, 0.717) is 75.7 Å². The van der Waals surface area contributed by atoms with E-state index >= 15 is 0 Å². The zero-order chi connectivity index (χ0) is 35.4. The molecule has 16 heteroatoms. The van der Waals surface area contributed by atoms with Crippen molar-refractivity contribution in [2.45, 2.75) is 62.4 Å². The molecule has 274 valence electrons. The van der Waals surface area contributed by atoms with Gasteiger partial charge in [0.15, 0.2) is 0 Å². The first-order valence-corrected chi connectivity index (χ1v) is 18.4. The van der Waals surface area contributed by atoms with Crippen molar-refractivity contribution in [1.82, 2.24) is 29.4 Å². The summed E-state index contributed by atoms with van der Waals surface area (Å²) in [6, 6.07) is 3.74. The monoisotopic (exact) mass is 722 g/mol. The number of benzene rings is 1. The number of hydrogen-bond donors (Lipinski definition) is 2. The summed E-state index contributed by atoms with van der Waals surface area (Å²) in [7, 11) is 0. The molecule has 3 fully saturated rings. The van der Waals surface area contributed by atoms with Crippen molar-refractivity contribution in [3.8, 4) is 11.3 Å². The van der Waals surface area contributed by atoms with Crippen molar-refractivity contribution in [3.05, 3.63) is 35.0 Å². The predicted octanol–water partition coefficient (Wildman–Crippen LogP) is 2.09. The smallest absolute Gasteiger partial charge is 0.390 e. The molecular weight excluding hydrogens is 677 g/mol. The Bertz CT molecular complexity index is 1540. The standard InChI is InChI=1S/C34H45F3N6O6S/c35-34(36,37)27-4-3-24(17-29(27)50-22-31(47)40-13-15-49-16-14-40)32-26-20-42(30(46)21-44)12-7-28(26)43(38-32)19-25(45)18-39-10-5-23(6-11-39)33(48)41-8-1-2-9-41/h3-4,17,23,25,44-45H,1-2,5-16,18-22H2. The number of morpholine rings is 1. The van der Waals surface area contributed by atoms with E-state index in [9.17, 15) is 37.8 Å². The van der Waals surface area contributed by atoms with Gasteiger partial charge >= 0.3 is 6.18 Å². The summed E-state index contributed by atoms with van der Waals surface area (Å²) in [5.41, 5.74) is 1.35. The number of aliphatic hydroxyl groups excluding tert-OH is 2. The minimum absolute atomic E-state index is 0.0102. The number of halogens is 3. The third-order valence-corrected chi connectivity index (χ3v) is 11.1. The number of β-amino-alcohol motifs (C(OH)–C–C–N with tert-alkyl or cyclic N) is 1. The normalized spacial score (nSPS) is 19.9. The molecule has 3 saturated heterocycles. The number of aliphatic hydroxyl groups is 2. The van der Waals surface area contributed by atoms with Gasteiger partial charge in [-0.3, -0.25) is 19.1 Å². The lowest BCUT2D eigenvalue weighted by Gasteiger charge is -2.34. The Balaban J connectivity index is 1.20. The Kier molecular flexibility index (Phi) is 11.7. The van der Waals surface area contributed by atoms with Crippen LogP contribution >= 0.6 is 11.8 Å². The lowest BCUT2D eigenvalue weighted by Crippen LogP contribution is -2.44. The number of carbonyl (C=O) groups is 3. The second kappa shape index (κ2) is 16.0. The highest BCUT2D eigenvalue weighted by molar-refractivity contribution is 8.00. The molecule has 1 aromatic heterocycles. The SMILES string of the molecule is O=C(CSc1cc(-c2nn(CC(O)CN3CCC(C(=O)N4CCCC4)CC3)c3c2CN(C(=O)CO)CC3)ccc1C(F)(F)F)N1CCOCC1. The van der Waals surface area contributed by atoms with Gasteiger partial charge in [0.05, 0.1) is 42.9 Å². The average Bonchev–Trinajstić information content (AvgIpc) is 3.79. The van der Waals surface area contributed by atoms with Crippen LogP contribution in [0.1, 0.15) is 42.5 Å². The second-order valence-corrected chi connectivity index (χ2v) is 14.4. The third-order valence-electron chi connectivity index (χ3n) is 10.1. The van der Waals surface area contributed by atoms with E-state index in [-0.39, 0.29) is 41.5 Å². The van der Waals surface area contributed by atoms with Crippen LogP contribution in [-0.4, -0.2) is 141 Å². The Morgan fingerprint density at radius 1 is 0.940 bits per heavy atom. The summed E-state index contributed by atoms with van der Waals surface area (Å²) in [6.07, 6.45) is -1.47. The topological polar surface area (TPSA) is 132 Å². The van der Waals surface area contributed by atoms with Crippen LogP contribution in [0.2, 0.25) is 0 Å². The fourth-order valence-corrected chi connectivity index (χ4v) is 8.38. The molecule has 3 amide bonds. The molecule has 0 aliphatic carbocycles. The maximum absolute atomic E-state index is 14.1. The minimum Gasteiger partial charge on any atom is -0.390 e. The first-order valence-electron chi connectivity index (χ1n) is 17.4. The van der Waals surface area contributed by atoms with Crippen LogP contribution in [0.25, 0.3) is 11.3 Å². The van der Waals surface area contributed by atoms with E-state index in [2.05, 4.69) is 4.90 Å². The van der Waals surface area contributed by atoms with Gasteiger partial charge in [-0.2, -0.15) is 18.3 Å². The summed E-state index contributed by atoms with van der Waals surface area (Å²) in [6.45, 7) is 4.89. The third kappa shape index (κ3) is 8.47. The maximum atomic E-state index is 14.1. The van der Waals surface area contributed by atoms with E-state index in [0.717, 1.165) is 62.3 Å². The van der Waals surface area contributed by atoms with Crippen LogP contribution in [0, 0.1) is 5.92 Å². The number of amides is 3. The molecule has 12 nitrogen and oxygen atoms in total. The van der Waals surface area contributed by atoms with Gasteiger partial charge in [-0.15, -0.1) is 11.8 Å². The molecule has 4 aliphatic heterocycles. The molecule has 2 aromatic rings.